The highest BCUT2D eigenvalue weighted by Gasteiger charge is 2.22. The first-order valence-electron chi connectivity index (χ1n) is 39.3. The minimum Gasteiger partial charge on any atom is -0.545 e. The van der Waals surface area contributed by atoms with Gasteiger partial charge < -0.3 is 33.3 Å². The Bertz CT molecular complexity index is 2210. The summed E-state index contributed by atoms with van der Waals surface area (Å²) in [6, 6.07) is 0. The standard InChI is InChI=1S/C88H145NO8/c1-6-8-10-12-14-16-18-20-22-24-26-28-30-32-34-36-38-40-41-42-43-44-45-47-48-50-52-54-56-58-60-62-64-66-68-70-72-74-76-78-85(90)95-82-84(83-96-88(87(92)93)94-81-80-89(3,4)5)97-86(91)79-77-75-73-71-69-67-65-63-61-59-57-55-53-51-49-46-39-37-35-33-31-29-27-25-23-21-19-17-15-13-11-9-7-2/h8-11,14-17,20-23,26-29,33,35,39,46,51,53,57,59,63,65,69,71,84,88H,6-7,12-13,18-19,24-25,30-32,34,36-38,40-45,47-50,52,54-56,58,60-62,64,66-68,70,72-83H2,1-5H3/b10-8-,11-9-,16-14-,17-15-,22-20-,23-21-,28-26-,29-27-,35-33-,46-39-,53-51-,59-57-,65-63-,71-69-. The molecule has 97 heavy (non-hydrogen) atoms. The number of esters is 2. The highest BCUT2D eigenvalue weighted by atomic mass is 16.7. The maximum Gasteiger partial charge on any atom is 0.306 e. The number of unbranched alkanes of at least 4 members (excludes halogenated alkanes) is 28. The SMILES string of the molecule is CC/C=C\C/C=C\C/C=C\C/C=C\C/C=C\C/C=C\C/C=C\C/C=C\C/C=C\C/C=C\CCCCC(=O)OC(COC(=O)CCCCCCCCCCCCCCCCCCCCCCCCCCCC/C=C\C/C=C\C/C=C\C/C=C\CC)COC(OCC[N+](C)(C)C)C(=O)[O-]. The average molecular weight is 1350 g/mol. The van der Waals surface area contributed by atoms with Crippen LogP contribution in [0.5, 0.6) is 0 Å². The zero-order valence-corrected chi connectivity index (χ0v) is 62.9. The summed E-state index contributed by atoms with van der Waals surface area (Å²) in [6.07, 6.45) is 112. The van der Waals surface area contributed by atoms with E-state index in [1.165, 1.54) is 154 Å². The van der Waals surface area contributed by atoms with E-state index < -0.39 is 24.3 Å². The summed E-state index contributed by atoms with van der Waals surface area (Å²) >= 11 is 0. The molecule has 9 heteroatoms. The molecule has 0 heterocycles. The number of hydrogen-bond donors (Lipinski definition) is 0. The van der Waals surface area contributed by atoms with E-state index in [9.17, 15) is 19.5 Å². The largest absolute Gasteiger partial charge is 0.545 e. The summed E-state index contributed by atoms with van der Waals surface area (Å²) in [5, 5.41) is 11.9. The minimum absolute atomic E-state index is 0.132. The molecule has 0 aliphatic rings. The molecule has 0 aromatic carbocycles. The molecule has 2 atom stereocenters. The number of allylic oxidation sites excluding steroid dienone is 28. The Morgan fingerprint density at radius 1 is 0.309 bits per heavy atom. The Morgan fingerprint density at radius 2 is 0.557 bits per heavy atom. The Hall–Kier alpha value is -5.35. The van der Waals surface area contributed by atoms with Crippen LogP contribution in [-0.4, -0.2) is 82.3 Å². The first kappa shape index (κ1) is 91.6. The fourth-order valence-electron chi connectivity index (χ4n) is 10.6. The van der Waals surface area contributed by atoms with E-state index in [-0.39, 0.29) is 38.6 Å². The van der Waals surface area contributed by atoms with Crippen molar-refractivity contribution in [3.8, 4) is 0 Å². The molecule has 0 bridgehead atoms. The predicted octanol–water partition coefficient (Wildman–Crippen LogP) is 24.0. The van der Waals surface area contributed by atoms with Gasteiger partial charge in [0.15, 0.2) is 12.4 Å². The van der Waals surface area contributed by atoms with Crippen LogP contribution in [0.15, 0.2) is 170 Å². The monoisotopic (exact) mass is 1340 g/mol. The van der Waals surface area contributed by atoms with Crippen LogP contribution in [0.1, 0.15) is 309 Å². The van der Waals surface area contributed by atoms with Crippen molar-refractivity contribution in [2.24, 2.45) is 0 Å². The van der Waals surface area contributed by atoms with Gasteiger partial charge in [-0.1, -0.05) is 338 Å². The number of ether oxygens (including phenoxy) is 4. The molecule has 0 saturated carbocycles. The number of carbonyl (C=O) groups is 3. The Labute approximate surface area is 597 Å². The lowest BCUT2D eigenvalue weighted by atomic mass is 10.0. The molecule has 9 nitrogen and oxygen atoms in total. The van der Waals surface area contributed by atoms with Crippen molar-refractivity contribution in [3.63, 3.8) is 0 Å². The molecule has 0 aromatic heterocycles. The van der Waals surface area contributed by atoms with Crippen LogP contribution in [-0.2, 0) is 33.3 Å². The number of aliphatic carboxylic acids is 1. The van der Waals surface area contributed by atoms with E-state index >= 15 is 0 Å². The molecule has 550 valence electrons. The highest BCUT2D eigenvalue weighted by Crippen LogP contribution is 2.18. The van der Waals surface area contributed by atoms with Gasteiger partial charge in [0.1, 0.15) is 13.2 Å². The summed E-state index contributed by atoms with van der Waals surface area (Å²) < 4.78 is 22.8. The van der Waals surface area contributed by atoms with Gasteiger partial charge in [-0.15, -0.1) is 0 Å². The zero-order valence-electron chi connectivity index (χ0n) is 62.9. The molecular weight excluding hydrogens is 1200 g/mol. The van der Waals surface area contributed by atoms with Gasteiger partial charge in [-0.3, -0.25) is 9.59 Å². The molecule has 0 rings (SSSR count). The van der Waals surface area contributed by atoms with Gasteiger partial charge in [0.2, 0.25) is 0 Å². The van der Waals surface area contributed by atoms with Gasteiger partial charge >= 0.3 is 11.9 Å². The summed E-state index contributed by atoms with van der Waals surface area (Å²) in [7, 11) is 5.91. The fraction of sp³-hybridized carbons (Fsp3) is 0.648. The smallest absolute Gasteiger partial charge is 0.306 e. The summed E-state index contributed by atoms with van der Waals surface area (Å²) in [5.41, 5.74) is 0. The quantitative estimate of drug-likeness (QED) is 0.0195. The van der Waals surface area contributed by atoms with Crippen LogP contribution in [0.25, 0.3) is 0 Å². The molecular formula is C88H145NO8. The number of carboxylic acids is 1. The molecule has 0 N–H and O–H groups in total. The van der Waals surface area contributed by atoms with Crippen molar-refractivity contribution in [2.45, 2.75) is 322 Å². The van der Waals surface area contributed by atoms with Gasteiger partial charge in [0.05, 0.1) is 40.3 Å². The van der Waals surface area contributed by atoms with Crippen molar-refractivity contribution in [1.82, 2.24) is 0 Å². The van der Waals surface area contributed by atoms with Gasteiger partial charge in [0, 0.05) is 12.8 Å². The van der Waals surface area contributed by atoms with Crippen LogP contribution in [0.4, 0.5) is 0 Å². The second-order valence-corrected chi connectivity index (χ2v) is 26.9. The summed E-state index contributed by atoms with van der Waals surface area (Å²) in [4.78, 5) is 37.6. The minimum atomic E-state index is -1.64. The van der Waals surface area contributed by atoms with Gasteiger partial charge in [-0.25, -0.2) is 0 Å². The van der Waals surface area contributed by atoms with Crippen molar-refractivity contribution >= 4 is 17.9 Å². The van der Waals surface area contributed by atoms with Gasteiger partial charge in [-0.2, -0.15) is 0 Å². The molecule has 0 saturated heterocycles. The van der Waals surface area contributed by atoms with E-state index in [0.717, 1.165) is 122 Å². The van der Waals surface area contributed by atoms with Crippen LogP contribution in [0.2, 0.25) is 0 Å². The second kappa shape index (κ2) is 76.4. The molecule has 0 radical (unpaired) electrons. The number of hydrogen-bond acceptors (Lipinski definition) is 8. The van der Waals surface area contributed by atoms with Crippen molar-refractivity contribution < 1.29 is 42.9 Å². The number of rotatable bonds is 71. The third-order valence-corrected chi connectivity index (χ3v) is 16.5. The van der Waals surface area contributed by atoms with E-state index in [4.69, 9.17) is 18.9 Å². The van der Waals surface area contributed by atoms with Crippen LogP contribution in [0, 0.1) is 0 Å². The van der Waals surface area contributed by atoms with Gasteiger partial charge in [0.25, 0.3) is 0 Å². The van der Waals surface area contributed by atoms with Crippen molar-refractivity contribution in [1.29, 1.82) is 0 Å². The molecule has 0 aliphatic heterocycles. The molecule has 0 amide bonds. The lowest BCUT2D eigenvalue weighted by Gasteiger charge is -2.26. The number of carboxylic acid groups (broad SMARTS) is 1. The van der Waals surface area contributed by atoms with E-state index in [2.05, 4.69) is 184 Å². The van der Waals surface area contributed by atoms with E-state index in [1.54, 1.807) is 0 Å². The molecule has 0 aliphatic carbocycles. The maximum atomic E-state index is 12.9. The van der Waals surface area contributed by atoms with Crippen molar-refractivity contribution in [2.75, 3.05) is 47.5 Å². The lowest BCUT2D eigenvalue weighted by Crippen LogP contribution is -2.44. The Morgan fingerprint density at radius 3 is 0.845 bits per heavy atom. The third kappa shape index (κ3) is 77.9. The highest BCUT2D eigenvalue weighted by molar-refractivity contribution is 5.70. The van der Waals surface area contributed by atoms with Crippen molar-refractivity contribution in [3.05, 3.63) is 170 Å². The second-order valence-electron chi connectivity index (χ2n) is 26.9. The number of likely N-dealkylation sites (N-methyl/N-ethyl adjacent to an activating group) is 1. The first-order chi connectivity index (χ1) is 47.6. The Balaban J connectivity index is 4.11. The molecule has 0 spiro atoms. The van der Waals surface area contributed by atoms with E-state index in [1.807, 2.05) is 21.1 Å². The molecule has 0 aromatic rings. The van der Waals surface area contributed by atoms with Crippen LogP contribution in [0.3, 0.4) is 0 Å². The number of nitrogens with zero attached hydrogens (tertiary/aromatic N) is 1. The van der Waals surface area contributed by atoms with Crippen LogP contribution >= 0.6 is 0 Å². The predicted molar refractivity (Wildman–Crippen MR) is 416 cm³/mol. The lowest BCUT2D eigenvalue weighted by molar-refractivity contribution is -0.870. The number of carbonyl (C=O) groups excluding carboxylic acids is 3. The normalized spacial score (nSPS) is 13.6. The maximum absolute atomic E-state index is 12.9. The van der Waals surface area contributed by atoms with Crippen LogP contribution < -0.4 is 5.11 Å². The summed E-state index contributed by atoms with van der Waals surface area (Å²) in [6.45, 7) is 4.48. The summed E-state index contributed by atoms with van der Waals surface area (Å²) in [5.74, 6) is -2.35. The molecule has 2 unspecified atom stereocenters. The zero-order chi connectivity index (χ0) is 70.4. The average Bonchev–Trinajstić information content (AvgIpc) is 2.59. The topological polar surface area (TPSA) is 111 Å². The first-order valence-corrected chi connectivity index (χ1v) is 39.3. The fourth-order valence-corrected chi connectivity index (χ4v) is 10.6. The van der Waals surface area contributed by atoms with E-state index in [0.29, 0.717) is 17.4 Å². The van der Waals surface area contributed by atoms with Gasteiger partial charge in [-0.05, 0) is 128 Å². The number of quaternary nitrogens is 1. The molecule has 0 fully saturated rings. The Kier molecular flexibility index (Phi) is 72.2. The third-order valence-electron chi connectivity index (χ3n) is 16.5.